The molecule has 2 aliphatic rings. The molecule has 2 heteroatoms. The van der Waals surface area contributed by atoms with Crippen LogP contribution in [0.25, 0.3) is 0 Å². The molecule has 2 saturated carbocycles. The first-order valence-corrected chi connectivity index (χ1v) is 7.01. The lowest BCUT2D eigenvalue weighted by atomic mass is 9.81. The molecular weight excluding hydrogens is 232 g/mol. The van der Waals surface area contributed by atoms with Gasteiger partial charge in [-0.25, -0.2) is 0 Å². The molecular formula is C15H19ClO. The van der Waals surface area contributed by atoms with Crippen LogP contribution in [0, 0.1) is 0 Å². The van der Waals surface area contributed by atoms with Crippen LogP contribution in [0.2, 0.25) is 0 Å². The van der Waals surface area contributed by atoms with Gasteiger partial charge in [0, 0.05) is 5.38 Å². The highest BCUT2D eigenvalue weighted by Gasteiger charge is 2.36. The summed E-state index contributed by atoms with van der Waals surface area (Å²) in [5, 5.41) is 0.341. The summed E-state index contributed by atoms with van der Waals surface area (Å²) in [6, 6.07) is 8.61. The Balaban J connectivity index is 1.81. The van der Waals surface area contributed by atoms with Gasteiger partial charge in [0.1, 0.15) is 5.75 Å². The van der Waals surface area contributed by atoms with E-state index < -0.39 is 0 Å². The van der Waals surface area contributed by atoms with Crippen molar-refractivity contribution >= 4 is 11.6 Å². The Labute approximate surface area is 108 Å². The first-order chi connectivity index (χ1) is 8.16. The molecule has 0 heterocycles. The molecule has 0 radical (unpaired) electrons. The zero-order valence-corrected chi connectivity index (χ0v) is 11.0. The second kappa shape index (κ2) is 4.20. The number of hydrogen-bond donors (Lipinski definition) is 0. The highest BCUT2D eigenvalue weighted by atomic mass is 35.5. The fourth-order valence-corrected chi connectivity index (χ4v) is 3.20. The predicted octanol–water partition coefficient (Wildman–Crippen LogP) is 4.28. The monoisotopic (exact) mass is 250 g/mol. The van der Waals surface area contributed by atoms with Crippen molar-refractivity contribution in [3.63, 3.8) is 0 Å². The zero-order valence-electron chi connectivity index (χ0n) is 10.3. The molecule has 0 spiro atoms. The third-order valence-electron chi connectivity index (χ3n) is 4.04. The van der Waals surface area contributed by atoms with E-state index in [9.17, 15) is 0 Å². The summed E-state index contributed by atoms with van der Waals surface area (Å²) in [5.41, 5.74) is 1.63. The molecule has 2 aliphatic carbocycles. The summed E-state index contributed by atoms with van der Waals surface area (Å²) < 4.78 is 5.86. The van der Waals surface area contributed by atoms with Crippen LogP contribution in [0.1, 0.15) is 44.6 Å². The Kier molecular flexibility index (Phi) is 2.82. The maximum atomic E-state index is 6.25. The minimum absolute atomic E-state index is 0.245. The lowest BCUT2D eigenvalue weighted by Crippen LogP contribution is -2.17. The van der Waals surface area contributed by atoms with Crippen LogP contribution < -0.4 is 4.74 Å². The second-order valence-electron chi connectivity index (χ2n) is 5.75. The molecule has 3 rings (SSSR count). The van der Waals surface area contributed by atoms with Gasteiger partial charge in [-0.3, -0.25) is 0 Å². The van der Waals surface area contributed by atoms with Gasteiger partial charge in [-0.2, -0.15) is 0 Å². The Bertz CT molecular complexity index is 413. The van der Waals surface area contributed by atoms with E-state index in [-0.39, 0.29) is 5.41 Å². The second-order valence-corrected chi connectivity index (χ2v) is 6.36. The summed E-state index contributed by atoms with van der Waals surface area (Å²) in [6.07, 6.45) is 6.31. The topological polar surface area (TPSA) is 9.23 Å². The van der Waals surface area contributed by atoms with Crippen LogP contribution in [0.15, 0.2) is 24.3 Å². The third-order valence-corrected chi connectivity index (χ3v) is 4.41. The minimum atomic E-state index is 0.245. The lowest BCUT2D eigenvalue weighted by molar-refractivity contribution is 0.302. The van der Waals surface area contributed by atoms with Gasteiger partial charge in [0.15, 0.2) is 0 Å². The molecule has 1 aromatic rings. The molecule has 92 valence electrons. The van der Waals surface area contributed by atoms with Crippen molar-refractivity contribution in [3.8, 4) is 5.75 Å². The van der Waals surface area contributed by atoms with E-state index in [0.717, 1.165) is 18.6 Å². The molecule has 0 aliphatic heterocycles. The Morgan fingerprint density at radius 1 is 1.29 bits per heavy atom. The molecule has 0 aromatic heterocycles. The number of halogens is 1. The van der Waals surface area contributed by atoms with Gasteiger partial charge in [0.05, 0.1) is 6.10 Å². The van der Waals surface area contributed by atoms with Crippen molar-refractivity contribution in [2.75, 3.05) is 0 Å². The molecule has 0 N–H and O–H groups in total. The fourth-order valence-electron chi connectivity index (χ4n) is 2.75. The normalized spacial score (nSPS) is 32.7. The highest BCUT2D eigenvalue weighted by molar-refractivity contribution is 6.20. The maximum absolute atomic E-state index is 6.25. The van der Waals surface area contributed by atoms with Crippen molar-refractivity contribution in [1.82, 2.24) is 0 Å². The van der Waals surface area contributed by atoms with Crippen molar-refractivity contribution in [1.29, 1.82) is 0 Å². The van der Waals surface area contributed by atoms with Gasteiger partial charge in [-0.1, -0.05) is 19.1 Å². The minimum Gasteiger partial charge on any atom is -0.490 e. The first kappa shape index (κ1) is 11.4. The van der Waals surface area contributed by atoms with Crippen LogP contribution >= 0.6 is 11.6 Å². The van der Waals surface area contributed by atoms with Gasteiger partial charge in [-0.15, -0.1) is 11.6 Å². The molecule has 0 amide bonds. The van der Waals surface area contributed by atoms with E-state index in [1.165, 1.54) is 24.8 Å². The molecule has 1 aromatic carbocycles. The fraction of sp³-hybridized carbons (Fsp3) is 0.600. The highest BCUT2D eigenvalue weighted by Crippen LogP contribution is 2.43. The summed E-state index contributed by atoms with van der Waals surface area (Å²) in [5.74, 6) is 1.03. The SMILES string of the molecule is CC1(c2cccc(OC3CC3)c2)CCC(Cl)C1. The van der Waals surface area contributed by atoms with Crippen molar-refractivity contribution in [2.24, 2.45) is 0 Å². The number of alkyl halides is 1. The van der Waals surface area contributed by atoms with E-state index in [4.69, 9.17) is 16.3 Å². The number of ether oxygens (including phenoxy) is 1. The standard InChI is InChI=1S/C15H19ClO/c1-15(8-7-12(16)10-15)11-3-2-4-14(9-11)17-13-5-6-13/h2-4,9,12-13H,5-8,10H2,1H3. The number of rotatable bonds is 3. The summed E-state index contributed by atoms with van der Waals surface area (Å²) in [7, 11) is 0. The van der Waals surface area contributed by atoms with Crippen LogP contribution in [0.5, 0.6) is 5.75 Å². The van der Waals surface area contributed by atoms with E-state index >= 15 is 0 Å². The Morgan fingerprint density at radius 3 is 2.76 bits per heavy atom. The lowest BCUT2D eigenvalue weighted by Gasteiger charge is -2.24. The molecule has 2 unspecified atom stereocenters. The van der Waals surface area contributed by atoms with Gasteiger partial charge < -0.3 is 4.74 Å². The van der Waals surface area contributed by atoms with E-state index in [2.05, 4.69) is 31.2 Å². The number of hydrogen-bond acceptors (Lipinski definition) is 1. The van der Waals surface area contributed by atoms with Crippen molar-refractivity contribution in [3.05, 3.63) is 29.8 Å². The first-order valence-electron chi connectivity index (χ1n) is 6.57. The average Bonchev–Trinajstić information content (AvgIpc) is 3.04. The van der Waals surface area contributed by atoms with Crippen LogP contribution in [0.3, 0.4) is 0 Å². The van der Waals surface area contributed by atoms with Crippen molar-refractivity contribution in [2.45, 2.75) is 55.9 Å². The quantitative estimate of drug-likeness (QED) is 0.728. The molecule has 2 atom stereocenters. The summed E-state index contributed by atoms with van der Waals surface area (Å²) >= 11 is 6.25. The van der Waals surface area contributed by atoms with Gasteiger partial charge in [0.25, 0.3) is 0 Å². The zero-order chi connectivity index (χ0) is 11.9. The Hall–Kier alpha value is -0.690. The smallest absolute Gasteiger partial charge is 0.120 e. The van der Waals surface area contributed by atoms with Gasteiger partial charge in [0.2, 0.25) is 0 Å². The molecule has 2 fully saturated rings. The van der Waals surface area contributed by atoms with Gasteiger partial charge >= 0.3 is 0 Å². The molecule has 17 heavy (non-hydrogen) atoms. The number of benzene rings is 1. The average molecular weight is 251 g/mol. The summed E-state index contributed by atoms with van der Waals surface area (Å²) in [4.78, 5) is 0. The molecule has 0 bridgehead atoms. The van der Waals surface area contributed by atoms with Crippen molar-refractivity contribution < 1.29 is 4.74 Å². The van der Waals surface area contributed by atoms with Crippen LogP contribution in [0.4, 0.5) is 0 Å². The third kappa shape index (κ3) is 2.44. The van der Waals surface area contributed by atoms with Crippen LogP contribution in [-0.4, -0.2) is 11.5 Å². The summed E-state index contributed by atoms with van der Waals surface area (Å²) in [6.45, 7) is 2.33. The van der Waals surface area contributed by atoms with E-state index in [1.807, 2.05) is 0 Å². The Morgan fingerprint density at radius 2 is 2.12 bits per heavy atom. The van der Waals surface area contributed by atoms with Crippen LogP contribution in [-0.2, 0) is 5.41 Å². The maximum Gasteiger partial charge on any atom is 0.120 e. The molecule has 1 nitrogen and oxygen atoms in total. The van der Waals surface area contributed by atoms with E-state index in [1.54, 1.807) is 0 Å². The largest absolute Gasteiger partial charge is 0.490 e. The molecule has 0 saturated heterocycles. The van der Waals surface area contributed by atoms with E-state index in [0.29, 0.717) is 11.5 Å². The van der Waals surface area contributed by atoms with Gasteiger partial charge in [-0.05, 0) is 55.2 Å². The predicted molar refractivity (Wildman–Crippen MR) is 70.9 cm³/mol.